The first-order valence-corrected chi connectivity index (χ1v) is 14.2. The van der Waals surface area contributed by atoms with Crippen LogP contribution < -0.4 is 5.32 Å². The number of hydrogen-bond donors (Lipinski definition) is 4. The number of halogens is 1. The molecule has 1 heterocycles. The molecule has 1 aromatic heterocycles. The van der Waals surface area contributed by atoms with Gasteiger partial charge >= 0.3 is 12.0 Å². The van der Waals surface area contributed by atoms with E-state index < -0.39 is 41.4 Å². The van der Waals surface area contributed by atoms with E-state index in [0.717, 1.165) is 5.56 Å². The number of hydrogen-bond acceptors (Lipinski definition) is 6. The van der Waals surface area contributed by atoms with Crippen LogP contribution in [0.5, 0.6) is 0 Å². The summed E-state index contributed by atoms with van der Waals surface area (Å²) < 4.78 is 15.9. The Kier molecular flexibility index (Phi) is 10.2. The number of aromatic nitrogens is 1. The monoisotopic (exact) mass is 603 g/mol. The van der Waals surface area contributed by atoms with Crippen molar-refractivity contribution >= 4 is 17.6 Å². The first-order valence-electron chi connectivity index (χ1n) is 14.2. The zero-order valence-electron chi connectivity index (χ0n) is 24.3. The van der Waals surface area contributed by atoms with Gasteiger partial charge in [-0.15, -0.1) is 0 Å². The molecule has 11 heteroatoms. The zero-order valence-corrected chi connectivity index (χ0v) is 24.3. The topological polar surface area (TPSA) is 155 Å². The molecule has 0 bridgehead atoms. The Morgan fingerprint density at radius 2 is 1.52 bits per heavy atom. The van der Waals surface area contributed by atoms with E-state index in [1.165, 1.54) is 12.1 Å². The van der Waals surface area contributed by atoms with E-state index in [1.807, 2.05) is 54.8 Å². The first-order chi connectivity index (χ1) is 21.0. The summed E-state index contributed by atoms with van der Waals surface area (Å²) in [6, 6.07) is 21.8. The van der Waals surface area contributed by atoms with E-state index in [1.54, 1.807) is 36.4 Å². The number of anilines is 1. The molecule has 4 rings (SSSR count). The minimum atomic E-state index is -2.28. The van der Waals surface area contributed by atoms with Crippen LogP contribution in [0.2, 0.25) is 0 Å². The van der Waals surface area contributed by atoms with Crippen LogP contribution in [-0.2, 0) is 11.3 Å². The number of carbonyl (C=O) groups excluding carboxylic acids is 1. The summed E-state index contributed by atoms with van der Waals surface area (Å²) in [6.07, 6.45) is -3.81. The average Bonchev–Trinajstić information content (AvgIpc) is 3.32. The smallest absolute Gasteiger partial charge is 0.382 e. The molecule has 1 unspecified atom stereocenters. The fourth-order valence-corrected chi connectivity index (χ4v) is 5.41. The molecule has 0 spiro atoms. The van der Waals surface area contributed by atoms with Crippen molar-refractivity contribution in [3.8, 4) is 22.4 Å². The molecule has 0 aliphatic heterocycles. The van der Waals surface area contributed by atoms with Crippen molar-refractivity contribution in [2.24, 2.45) is 0 Å². The van der Waals surface area contributed by atoms with Crippen LogP contribution in [-0.4, -0.2) is 54.9 Å². The Morgan fingerprint density at radius 3 is 2.07 bits per heavy atom. The van der Waals surface area contributed by atoms with Crippen molar-refractivity contribution in [1.29, 1.82) is 0 Å². The number of para-hydroxylation sites is 1. The van der Waals surface area contributed by atoms with Crippen molar-refractivity contribution in [2.45, 2.75) is 57.4 Å². The van der Waals surface area contributed by atoms with Crippen molar-refractivity contribution in [3.63, 3.8) is 0 Å². The van der Waals surface area contributed by atoms with E-state index in [2.05, 4.69) is 5.32 Å². The molecule has 0 aliphatic carbocycles. The number of nitrogens with zero attached hydrogens (tertiary/aromatic N) is 2. The number of aliphatic hydroxyl groups is 2. The molecular weight excluding hydrogens is 569 g/mol. The molecule has 4 N–H and O–H groups in total. The molecule has 0 fully saturated rings. The summed E-state index contributed by atoms with van der Waals surface area (Å²) in [5.41, 5.74) is 4.16. The van der Waals surface area contributed by atoms with Crippen molar-refractivity contribution in [3.05, 3.63) is 112 Å². The third-order valence-electron chi connectivity index (χ3n) is 7.33. The fraction of sp³-hybridized carbons (Fsp3) is 0.273. The van der Waals surface area contributed by atoms with E-state index >= 15 is 0 Å². The van der Waals surface area contributed by atoms with Crippen molar-refractivity contribution in [1.82, 2.24) is 4.57 Å². The summed E-state index contributed by atoms with van der Waals surface area (Å²) in [5, 5.41) is 44.4. The number of aliphatic hydroxyl groups excluding tert-OH is 2. The summed E-state index contributed by atoms with van der Waals surface area (Å²) in [6.45, 7) is 3.94. The van der Waals surface area contributed by atoms with Gasteiger partial charge in [0.2, 0.25) is 0 Å². The number of carbonyl (C=O) groups is 2. The molecule has 4 aromatic rings. The SMILES string of the molecule is CC(C)c1c(C(=O)Nc2ccccc2)c(-c2ccccc2)c(-c2ccc(F)cc2)n1CC[C@H](O)C[C@H](O)C(C(=O)O)[N+](=O)[O-]. The number of nitro groups is 1. The first kappa shape index (κ1) is 32.1. The van der Waals surface area contributed by atoms with Gasteiger partial charge in [0.15, 0.2) is 0 Å². The molecule has 0 saturated heterocycles. The lowest BCUT2D eigenvalue weighted by Gasteiger charge is -2.20. The van der Waals surface area contributed by atoms with Gasteiger partial charge in [-0.2, -0.15) is 0 Å². The normalized spacial score (nSPS) is 13.3. The highest BCUT2D eigenvalue weighted by atomic mass is 19.1. The van der Waals surface area contributed by atoms with Gasteiger partial charge in [0.1, 0.15) is 11.9 Å². The van der Waals surface area contributed by atoms with Gasteiger partial charge in [-0.3, -0.25) is 14.9 Å². The van der Waals surface area contributed by atoms with Crippen molar-refractivity contribution in [2.75, 3.05) is 5.32 Å². The van der Waals surface area contributed by atoms with Crippen LogP contribution in [0.15, 0.2) is 84.9 Å². The van der Waals surface area contributed by atoms with Crippen LogP contribution in [0.3, 0.4) is 0 Å². The molecule has 10 nitrogen and oxygen atoms in total. The maximum atomic E-state index is 14.1. The van der Waals surface area contributed by atoms with Crippen LogP contribution in [0, 0.1) is 15.9 Å². The lowest BCUT2D eigenvalue weighted by atomic mass is 9.94. The van der Waals surface area contributed by atoms with Gasteiger partial charge in [0.25, 0.3) is 5.91 Å². The van der Waals surface area contributed by atoms with Gasteiger partial charge in [0.05, 0.1) is 17.4 Å². The second-order valence-electron chi connectivity index (χ2n) is 10.8. The number of aliphatic carboxylic acids is 1. The van der Waals surface area contributed by atoms with E-state index in [9.17, 15) is 34.3 Å². The maximum Gasteiger partial charge on any atom is 0.382 e. The Balaban J connectivity index is 1.86. The maximum absolute atomic E-state index is 14.1. The lowest BCUT2D eigenvalue weighted by molar-refractivity contribution is -0.522. The van der Waals surface area contributed by atoms with Crippen molar-refractivity contribution < 1.29 is 34.2 Å². The Bertz CT molecular complexity index is 1590. The molecule has 3 atom stereocenters. The fourth-order valence-electron chi connectivity index (χ4n) is 5.41. The highest BCUT2D eigenvalue weighted by molar-refractivity contribution is 6.12. The highest BCUT2D eigenvalue weighted by Crippen LogP contribution is 2.42. The van der Waals surface area contributed by atoms with Gasteiger partial charge in [-0.05, 0) is 59.9 Å². The predicted molar refractivity (Wildman–Crippen MR) is 163 cm³/mol. The Morgan fingerprint density at radius 1 is 0.932 bits per heavy atom. The highest BCUT2D eigenvalue weighted by Gasteiger charge is 2.39. The number of benzene rings is 3. The Labute approximate surface area is 253 Å². The quantitative estimate of drug-likeness (QED) is 0.115. The number of carboxylic acid groups (broad SMARTS) is 1. The summed E-state index contributed by atoms with van der Waals surface area (Å²) in [4.78, 5) is 35.5. The second-order valence-corrected chi connectivity index (χ2v) is 10.8. The van der Waals surface area contributed by atoms with Gasteiger partial charge < -0.3 is 25.2 Å². The summed E-state index contributed by atoms with van der Waals surface area (Å²) in [7, 11) is 0. The number of nitrogens with one attached hydrogen (secondary N) is 1. The minimum absolute atomic E-state index is 0.0301. The second kappa shape index (κ2) is 14.1. The third-order valence-corrected chi connectivity index (χ3v) is 7.33. The number of amides is 1. The van der Waals surface area contributed by atoms with Gasteiger partial charge in [-0.25, -0.2) is 9.18 Å². The standard InChI is InChI=1S/C33H34FN3O7/c1-20(2)29-28(32(40)35-24-11-7-4-8-12-24)27(21-9-5-3-6-10-21)30(22-13-15-23(34)16-14-22)36(29)18-17-25(38)19-26(39)31(33(41)42)37(43)44/h3-16,20,25-26,31,38-39H,17-19H2,1-2H3,(H,35,40)(H,41,42)/t25-,26-,31?/m0/s1. The number of rotatable bonds is 13. The molecule has 0 saturated carbocycles. The third kappa shape index (κ3) is 7.19. The molecule has 230 valence electrons. The van der Waals surface area contributed by atoms with E-state index in [-0.39, 0.29) is 24.8 Å². The summed E-state index contributed by atoms with van der Waals surface area (Å²) >= 11 is 0. The van der Waals surface area contributed by atoms with Crippen LogP contribution in [0.25, 0.3) is 22.4 Å². The van der Waals surface area contributed by atoms with E-state index in [4.69, 9.17) is 5.11 Å². The van der Waals surface area contributed by atoms with Gasteiger partial charge in [-0.1, -0.05) is 62.4 Å². The molecule has 0 radical (unpaired) electrons. The molecule has 3 aromatic carbocycles. The van der Waals surface area contributed by atoms with E-state index in [0.29, 0.717) is 33.8 Å². The average molecular weight is 604 g/mol. The largest absolute Gasteiger partial charge is 0.476 e. The summed E-state index contributed by atoms with van der Waals surface area (Å²) in [5.74, 6) is -2.83. The molecule has 0 aliphatic rings. The molecule has 1 amide bonds. The van der Waals surface area contributed by atoms with Crippen LogP contribution >= 0.6 is 0 Å². The Hall–Kier alpha value is -4.87. The minimum Gasteiger partial charge on any atom is -0.476 e. The van der Waals surface area contributed by atoms with Gasteiger partial charge in [0, 0.05) is 34.8 Å². The zero-order chi connectivity index (χ0) is 32.0. The number of carboxylic acids is 1. The molecular formula is C33H34FN3O7. The lowest BCUT2D eigenvalue weighted by Crippen LogP contribution is -2.42. The van der Waals surface area contributed by atoms with Crippen LogP contribution in [0.4, 0.5) is 10.1 Å². The predicted octanol–water partition coefficient (Wildman–Crippen LogP) is 5.57. The van der Waals surface area contributed by atoms with Crippen LogP contribution in [0.1, 0.15) is 48.7 Å². The molecule has 44 heavy (non-hydrogen) atoms.